The van der Waals surface area contributed by atoms with E-state index in [0.29, 0.717) is 30.1 Å². The molecule has 0 aliphatic carbocycles. The van der Waals surface area contributed by atoms with E-state index in [-0.39, 0.29) is 5.91 Å². The van der Waals surface area contributed by atoms with Crippen molar-refractivity contribution in [3.05, 3.63) is 17.5 Å². The summed E-state index contributed by atoms with van der Waals surface area (Å²) in [6.45, 7) is 12.3. The Morgan fingerprint density at radius 1 is 1.15 bits per heavy atom. The third-order valence-corrected chi connectivity index (χ3v) is 5.47. The van der Waals surface area contributed by atoms with E-state index in [1.807, 2.05) is 6.92 Å². The van der Waals surface area contributed by atoms with Crippen molar-refractivity contribution in [1.29, 1.82) is 0 Å². The normalized spacial score (nSPS) is 19.9. The van der Waals surface area contributed by atoms with E-state index < -0.39 is 0 Å². The predicted molar refractivity (Wildman–Crippen MR) is 106 cm³/mol. The van der Waals surface area contributed by atoms with Crippen molar-refractivity contribution in [2.45, 2.75) is 46.1 Å². The lowest BCUT2D eigenvalue weighted by Crippen LogP contribution is -2.51. The molecule has 1 aromatic heterocycles. The van der Waals surface area contributed by atoms with Crippen molar-refractivity contribution in [2.75, 3.05) is 50.8 Å². The molecule has 2 aliphatic heterocycles. The first-order valence-corrected chi connectivity index (χ1v) is 10.2. The van der Waals surface area contributed by atoms with Crippen LogP contribution in [0.4, 0.5) is 5.95 Å². The molecule has 2 aliphatic rings. The zero-order chi connectivity index (χ0) is 19.2. The molecule has 27 heavy (non-hydrogen) atoms. The highest BCUT2D eigenvalue weighted by atomic mass is 16.5. The van der Waals surface area contributed by atoms with Crippen molar-refractivity contribution in [1.82, 2.24) is 20.2 Å². The lowest BCUT2D eigenvalue weighted by atomic mass is 10.0. The number of carbonyl (C=O) groups is 1. The second-order valence-corrected chi connectivity index (χ2v) is 7.91. The minimum atomic E-state index is -0.113. The summed E-state index contributed by atoms with van der Waals surface area (Å²) < 4.78 is 5.46. The number of rotatable bonds is 6. The average Bonchev–Trinajstić information content (AvgIpc) is 2.69. The molecule has 2 saturated heterocycles. The lowest BCUT2D eigenvalue weighted by Gasteiger charge is -2.36. The molecule has 1 amide bonds. The van der Waals surface area contributed by atoms with Gasteiger partial charge in [0.05, 0.1) is 13.2 Å². The summed E-state index contributed by atoms with van der Waals surface area (Å²) in [5, 5.41) is 3.10. The first-order chi connectivity index (χ1) is 13.0. The maximum Gasteiger partial charge on any atom is 0.270 e. The van der Waals surface area contributed by atoms with E-state index >= 15 is 0 Å². The highest BCUT2D eigenvalue weighted by Crippen LogP contribution is 2.17. The Hall–Kier alpha value is -1.73. The Labute approximate surface area is 162 Å². The van der Waals surface area contributed by atoms with Gasteiger partial charge in [-0.05, 0) is 38.2 Å². The molecule has 2 fully saturated rings. The fraction of sp³-hybridized carbons (Fsp3) is 0.750. The number of morpholine rings is 1. The van der Waals surface area contributed by atoms with Crippen molar-refractivity contribution in [2.24, 2.45) is 5.92 Å². The first-order valence-electron chi connectivity index (χ1n) is 10.2. The van der Waals surface area contributed by atoms with Crippen molar-refractivity contribution < 1.29 is 9.53 Å². The molecule has 1 N–H and O–H groups in total. The Morgan fingerprint density at radius 3 is 2.52 bits per heavy atom. The molecule has 0 unspecified atom stereocenters. The maximum absolute atomic E-state index is 12.8. The second-order valence-electron chi connectivity index (χ2n) is 7.91. The van der Waals surface area contributed by atoms with E-state index in [1.54, 1.807) is 6.07 Å². The van der Waals surface area contributed by atoms with Gasteiger partial charge in [0.1, 0.15) is 5.69 Å². The van der Waals surface area contributed by atoms with Crippen LogP contribution in [0.15, 0.2) is 6.07 Å². The van der Waals surface area contributed by atoms with Crippen LogP contribution < -0.4 is 10.2 Å². The number of piperidine rings is 1. The van der Waals surface area contributed by atoms with E-state index in [1.165, 1.54) is 6.42 Å². The monoisotopic (exact) mass is 375 g/mol. The highest BCUT2D eigenvalue weighted by Gasteiger charge is 2.25. The van der Waals surface area contributed by atoms with E-state index in [9.17, 15) is 4.79 Å². The van der Waals surface area contributed by atoms with Crippen molar-refractivity contribution >= 4 is 11.9 Å². The maximum atomic E-state index is 12.8. The standard InChI is InChI=1S/C20H33N5O2/c1-15(2)18(24-9-11-27-12-10-24)14-21-19(26)17-13-16(3)22-20(23-17)25-7-5-4-6-8-25/h13,15,18H,4-12,14H2,1-3H3,(H,21,26)/t18-/m1/s1. The van der Waals surface area contributed by atoms with Crippen LogP contribution in [0.2, 0.25) is 0 Å². The van der Waals surface area contributed by atoms with Crippen LogP contribution >= 0.6 is 0 Å². The quantitative estimate of drug-likeness (QED) is 0.818. The van der Waals surface area contributed by atoms with E-state index in [0.717, 1.165) is 57.9 Å². The molecular formula is C20H33N5O2. The van der Waals surface area contributed by atoms with Gasteiger partial charge in [0.15, 0.2) is 0 Å². The Morgan fingerprint density at radius 2 is 1.85 bits per heavy atom. The number of ether oxygens (including phenoxy) is 1. The number of aromatic nitrogens is 2. The lowest BCUT2D eigenvalue weighted by molar-refractivity contribution is 0.00671. The van der Waals surface area contributed by atoms with Crippen molar-refractivity contribution in [3.63, 3.8) is 0 Å². The third-order valence-electron chi connectivity index (χ3n) is 5.47. The number of nitrogens with one attached hydrogen (secondary N) is 1. The molecule has 1 aromatic rings. The fourth-order valence-electron chi connectivity index (χ4n) is 3.89. The number of nitrogens with zero attached hydrogens (tertiary/aromatic N) is 4. The predicted octanol–water partition coefficient (Wildman–Crippen LogP) is 1.86. The first kappa shape index (κ1) is 20.0. The van der Waals surface area contributed by atoms with E-state index in [2.05, 4.69) is 38.9 Å². The van der Waals surface area contributed by atoms with Crippen LogP contribution in [-0.2, 0) is 4.74 Å². The molecule has 0 saturated carbocycles. The Balaban J connectivity index is 1.65. The van der Waals surface area contributed by atoms with Gasteiger partial charge in [0.2, 0.25) is 5.95 Å². The number of amides is 1. The van der Waals surface area contributed by atoms with E-state index in [4.69, 9.17) is 4.74 Å². The minimum absolute atomic E-state index is 0.113. The summed E-state index contributed by atoms with van der Waals surface area (Å²) in [5.41, 5.74) is 1.30. The number of hydrogen-bond acceptors (Lipinski definition) is 6. The summed E-state index contributed by atoms with van der Waals surface area (Å²) in [4.78, 5) is 26.5. The zero-order valence-electron chi connectivity index (χ0n) is 16.9. The number of anilines is 1. The zero-order valence-corrected chi connectivity index (χ0v) is 16.9. The molecule has 3 rings (SSSR count). The molecule has 0 radical (unpaired) electrons. The number of aryl methyl sites for hydroxylation is 1. The minimum Gasteiger partial charge on any atom is -0.379 e. The fourth-order valence-corrected chi connectivity index (χ4v) is 3.89. The smallest absolute Gasteiger partial charge is 0.270 e. The molecule has 0 spiro atoms. The van der Waals surface area contributed by atoms with Gasteiger partial charge in [-0.15, -0.1) is 0 Å². The average molecular weight is 376 g/mol. The summed E-state index contributed by atoms with van der Waals surface area (Å²) in [7, 11) is 0. The molecule has 1 atom stereocenters. The topological polar surface area (TPSA) is 70.6 Å². The second kappa shape index (κ2) is 9.46. The van der Waals surface area contributed by atoms with Gasteiger partial charge < -0.3 is 15.0 Å². The molecule has 3 heterocycles. The van der Waals surface area contributed by atoms with Gasteiger partial charge in [-0.3, -0.25) is 9.69 Å². The Kier molecular flexibility index (Phi) is 7.01. The van der Waals surface area contributed by atoms with Gasteiger partial charge in [0.25, 0.3) is 5.91 Å². The molecule has 7 heteroatoms. The largest absolute Gasteiger partial charge is 0.379 e. The van der Waals surface area contributed by atoms with Gasteiger partial charge in [-0.1, -0.05) is 13.8 Å². The van der Waals surface area contributed by atoms with Crippen LogP contribution in [0.3, 0.4) is 0 Å². The van der Waals surface area contributed by atoms with Crippen LogP contribution in [-0.4, -0.2) is 72.8 Å². The Bertz CT molecular complexity index is 625. The molecule has 7 nitrogen and oxygen atoms in total. The third kappa shape index (κ3) is 5.39. The van der Waals surface area contributed by atoms with Crippen LogP contribution in [0, 0.1) is 12.8 Å². The van der Waals surface area contributed by atoms with Crippen molar-refractivity contribution in [3.8, 4) is 0 Å². The molecule has 0 bridgehead atoms. The van der Waals surface area contributed by atoms with Crippen LogP contribution in [0.25, 0.3) is 0 Å². The molecule has 150 valence electrons. The molecular weight excluding hydrogens is 342 g/mol. The number of hydrogen-bond donors (Lipinski definition) is 1. The van der Waals surface area contributed by atoms with Gasteiger partial charge >= 0.3 is 0 Å². The summed E-state index contributed by atoms with van der Waals surface area (Å²) in [5.74, 6) is 1.03. The molecule has 0 aromatic carbocycles. The summed E-state index contributed by atoms with van der Waals surface area (Å²) in [6.07, 6.45) is 3.58. The van der Waals surface area contributed by atoms with Gasteiger partial charge in [-0.25, -0.2) is 9.97 Å². The SMILES string of the molecule is Cc1cc(C(=O)NC[C@H](C(C)C)N2CCOCC2)nc(N2CCCCC2)n1. The van der Waals surface area contributed by atoms with Crippen LogP contribution in [0.5, 0.6) is 0 Å². The highest BCUT2D eigenvalue weighted by molar-refractivity contribution is 5.92. The van der Waals surface area contributed by atoms with Gasteiger partial charge in [0, 0.05) is 44.5 Å². The number of carbonyl (C=O) groups excluding carboxylic acids is 1. The van der Waals surface area contributed by atoms with Crippen LogP contribution in [0.1, 0.15) is 49.3 Å². The summed E-state index contributed by atoms with van der Waals surface area (Å²) in [6, 6.07) is 2.09. The summed E-state index contributed by atoms with van der Waals surface area (Å²) >= 11 is 0. The van der Waals surface area contributed by atoms with Gasteiger partial charge in [-0.2, -0.15) is 0 Å².